The van der Waals surface area contributed by atoms with E-state index in [0.717, 1.165) is 5.56 Å². The zero-order valence-electron chi connectivity index (χ0n) is 10.8. The molecule has 1 atom stereocenters. The number of halogens is 1. The third kappa shape index (κ3) is 4.55. The minimum absolute atomic E-state index is 0.0499. The fraction of sp³-hybridized carbons (Fsp3) is 0.462. The van der Waals surface area contributed by atoms with Gasteiger partial charge in [0.15, 0.2) is 6.61 Å². The highest BCUT2D eigenvalue weighted by Gasteiger charge is 2.12. The molecule has 1 aromatic rings. The molecule has 0 saturated carbocycles. The van der Waals surface area contributed by atoms with Gasteiger partial charge in [-0.3, -0.25) is 4.79 Å². The minimum Gasteiger partial charge on any atom is -0.483 e. The molecular formula is C13H18ClNO3. The molecule has 0 heterocycles. The Bertz CT molecular complexity index is 421. The summed E-state index contributed by atoms with van der Waals surface area (Å²) >= 11 is 5.83. The van der Waals surface area contributed by atoms with Crippen LogP contribution in [-0.2, 0) is 4.79 Å². The Hall–Kier alpha value is -1.26. The molecule has 1 rings (SSSR count). The molecule has 0 aliphatic rings. The SMILES string of the molecule is Cc1cc(Cl)ccc1OCC(=O)N(C)CC(C)O. The van der Waals surface area contributed by atoms with Crippen LogP contribution in [-0.4, -0.2) is 42.2 Å². The number of hydrogen-bond donors (Lipinski definition) is 1. The van der Waals surface area contributed by atoms with Crippen LogP contribution >= 0.6 is 11.6 Å². The highest BCUT2D eigenvalue weighted by molar-refractivity contribution is 6.30. The minimum atomic E-state index is -0.545. The van der Waals surface area contributed by atoms with Crippen molar-refractivity contribution in [1.29, 1.82) is 0 Å². The van der Waals surface area contributed by atoms with Crippen molar-refractivity contribution in [1.82, 2.24) is 4.90 Å². The number of benzene rings is 1. The summed E-state index contributed by atoms with van der Waals surface area (Å²) in [6.45, 7) is 3.74. The first-order chi connectivity index (χ1) is 8.40. The number of nitrogens with zero attached hydrogens (tertiary/aromatic N) is 1. The van der Waals surface area contributed by atoms with E-state index >= 15 is 0 Å². The van der Waals surface area contributed by atoms with E-state index in [0.29, 0.717) is 17.3 Å². The van der Waals surface area contributed by atoms with Crippen molar-refractivity contribution in [3.8, 4) is 5.75 Å². The number of carbonyl (C=O) groups is 1. The molecule has 0 aliphatic carbocycles. The summed E-state index contributed by atoms with van der Waals surface area (Å²) in [6, 6.07) is 5.23. The Morgan fingerprint density at radius 3 is 2.78 bits per heavy atom. The second-order valence-electron chi connectivity index (χ2n) is 4.32. The lowest BCUT2D eigenvalue weighted by Gasteiger charge is -2.19. The van der Waals surface area contributed by atoms with Crippen LogP contribution in [0.4, 0.5) is 0 Å². The number of amides is 1. The van der Waals surface area contributed by atoms with E-state index in [1.165, 1.54) is 4.90 Å². The lowest BCUT2D eigenvalue weighted by atomic mass is 10.2. The molecule has 1 aromatic carbocycles. The number of rotatable bonds is 5. The quantitative estimate of drug-likeness (QED) is 0.889. The molecule has 0 radical (unpaired) electrons. The number of ether oxygens (including phenoxy) is 1. The maximum Gasteiger partial charge on any atom is 0.260 e. The highest BCUT2D eigenvalue weighted by Crippen LogP contribution is 2.21. The monoisotopic (exact) mass is 271 g/mol. The van der Waals surface area contributed by atoms with E-state index in [1.807, 2.05) is 6.92 Å². The Labute approximate surface area is 112 Å². The van der Waals surface area contributed by atoms with Crippen LogP contribution in [0.1, 0.15) is 12.5 Å². The Morgan fingerprint density at radius 1 is 1.56 bits per heavy atom. The number of likely N-dealkylation sites (N-methyl/N-ethyl adjacent to an activating group) is 1. The van der Waals surface area contributed by atoms with Crippen LogP contribution in [0, 0.1) is 6.92 Å². The van der Waals surface area contributed by atoms with Gasteiger partial charge in [0, 0.05) is 18.6 Å². The van der Waals surface area contributed by atoms with Crippen molar-refractivity contribution in [2.45, 2.75) is 20.0 Å². The van der Waals surface area contributed by atoms with Gasteiger partial charge in [-0.2, -0.15) is 0 Å². The number of hydrogen-bond acceptors (Lipinski definition) is 3. The van der Waals surface area contributed by atoms with Gasteiger partial charge in [-0.15, -0.1) is 0 Å². The van der Waals surface area contributed by atoms with Crippen LogP contribution in [0.2, 0.25) is 5.02 Å². The maximum absolute atomic E-state index is 11.7. The van der Waals surface area contributed by atoms with Crippen molar-refractivity contribution >= 4 is 17.5 Å². The first-order valence-corrected chi connectivity index (χ1v) is 6.09. The van der Waals surface area contributed by atoms with Crippen molar-refractivity contribution < 1.29 is 14.6 Å². The molecule has 0 aromatic heterocycles. The maximum atomic E-state index is 11.7. The molecular weight excluding hydrogens is 254 g/mol. The summed E-state index contributed by atoms with van der Waals surface area (Å²) < 4.78 is 5.42. The fourth-order valence-corrected chi connectivity index (χ4v) is 1.75. The third-order valence-corrected chi connectivity index (χ3v) is 2.69. The summed E-state index contributed by atoms with van der Waals surface area (Å²) in [6.07, 6.45) is -0.545. The fourth-order valence-electron chi connectivity index (χ4n) is 1.52. The molecule has 1 N–H and O–H groups in total. The standard InChI is InChI=1S/C13H18ClNO3/c1-9-6-11(14)4-5-12(9)18-8-13(17)15(3)7-10(2)16/h4-6,10,16H,7-8H2,1-3H3. The van der Waals surface area contributed by atoms with Crippen molar-refractivity contribution in [2.24, 2.45) is 0 Å². The van der Waals surface area contributed by atoms with E-state index in [4.69, 9.17) is 16.3 Å². The third-order valence-electron chi connectivity index (χ3n) is 2.45. The van der Waals surface area contributed by atoms with E-state index in [-0.39, 0.29) is 12.5 Å². The largest absolute Gasteiger partial charge is 0.483 e. The number of aryl methyl sites for hydroxylation is 1. The molecule has 1 amide bonds. The lowest BCUT2D eigenvalue weighted by molar-refractivity contribution is -0.133. The average molecular weight is 272 g/mol. The molecule has 0 bridgehead atoms. The van der Waals surface area contributed by atoms with Gasteiger partial charge in [-0.25, -0.2) is 0 Å². The molecule has 100 valence electrons. The van der Waals surface area contributed by atoms with Gasteiger partial charge in [-0.1, -0.05) is 11.6 Å². The molecule has 0 aliphatic heterocycles. The van der Waals surface area contributed by atoms with Crippen molar-refractivity contribution in [3.63, 3.8) is 0 Å². The van der Waals surface area contributed by atoms with Gasteiger partial charge >= 0.3 is 0 Å². The summed E-state index contributed by atoms with van der Waals surface area (Å²) in [5.74, 6) is 0.462. The van der Waals surface area contributed by atoms with Gasteiger partial charge < -0.3 is 14.7 Å². The summed E-state index contributed by atoms with van der Waals surface area (Å²) in [5, 5.41) is 9.82. The van der Waals surface area contributed by atoms with Crippen LogP contribution in [0.3, 0.4) is 0 Å². The molecule has 0 saturated heterocycles. The smallest absolute Gasteiger partial charge is 0.260 e. The van der Waals surface area contributed by atoms with Crippen LogP contribution < -0.4 is 4.74 Å². The molecule has 5 heteroatoms. The van der Waals surface area contributed by atoms with Gasteiger partial charge in [0.2, 0.25) is 0 Å². The van der Waals surface area contributed by atoms with Crippen LogP contribution in [0.5, 0.6) is 5.75 Å². The predicted molar refractivity (Wildman–Crippen MR) is 71.0 cm³/mol. The predicted octanol–water partition coefficient (Wildman–Crippen LogP) is 1.87. The summed E-state index contributed by atoms with van der Waals surface area (Å²) in [4.78, 5) is 13.1. The van der Waals surface area contributed by atoms with Gasteiger partial charge in [0.25, 0.3) is 5.91 Å². The van der Waals surface area contributed by atoms with Gasteiger partial charge in [0.1, 0.15) is 5.75 Å². The van der Waals surface area contributed by atoms with Crippen molar-refractivity contribution in [3.05, 3.63) is 28.8 Å². The first kappa shape index (κ1) is 14.8. The molecule has 4 nitrogen and oxygen atoms in total. The normalized spacial score (nSPS) is 12.1. The molecule has 0 spiro atoms. The van der Waals surface area contributed by atoms with E-state index < -0.39 is 6.10 Å². The van der Waals surface area contributed by atoms with E-state index in [1.54, 1.807) is 32.2 Å². The summed E-state index contributed by atoms with van der Waals surface area (Å²) in [7, 11) is 1.63. The van der Waals surface area contributed by atoms with Gasteiger partial charge in [-0.05, 0) is 37.6 Å². The highest BCUT2D eigenvalue weighted by atomic mass is 35.5. The first-order valence-electron chi connectivity index (χ1n) is 5.71. The lowest BCUT2D eigenvalue weighted by Crippen LogP contribution is -2.36. The van der Waals surface area contributed by atoms with Crippen LogP contribution in [0.15, 0.2) is 18.2 Å². The Balaban J connectivity index is 2.52. The molecule has 18 heavy (non-hydrogen) atoms. The zero-order valence-corrected chi connectivity index (χ0v) is 11.6. The number of carbonyl (C=O) groups excluding carboxylic acids is 1. The second kappa shape index (κ2) is 6.61. The van der Waals surface area contributed by atoms with E-state index in [9.17, 15) is 9.90 Å². The molecule has 0 fully saturated rings. The molecule has 1 unspecified atom stereocenters. The number of aliphatic hydroxyl groups excluding tert-OH is 1. The van der Waals surface area contributed by atoms with Crippen LogP contribution in [0.25, 0.3) is 0 Å². The zero-order chi connectivity index (χ0) is 13.7. The van der Waals surface area contributed by atoms with E-state index in [2.05, 4.69) is 0 Å². The Morgan fingerprint density at radius 2 is 2.22 bits per heavy atom. The number of aliphatic hydroxyl groups is 1. The Kier molecular flexibility index (Phi) is 5.44. The van der Waals surface area contributed by atoms with Crippen molar-refractivity contribution in [2.75, 3.05) is 20.2 Å². The summed E-state index contributed by atoms with van der Waals surface area (Å²) in [5.41, 5.74) is 0.883. The topological polar surface area (TPSA) is 49.8 Å². The second-order valence-corrected chi connectivity index (χ2v) is 4.76. The van der Waals surface area contributed by atoms with Gasteiger partial charge in [0.05, 0.1) is 6.10 Å². The average Bonchev–Trinajstić information content (AvgIpc) is 2.26.